The van der Waals surface area contributed by atoms with Gasteiger partial charge in [0.2, 0.25) is 0 Å². The molecule has 3 aliphatic carbocycles. The summed E-state index contributed by atoms with van der Waals surface area (Å²) in [6.45, 7) is 15.3. The second-order valence-corrected chi connectivity index (χ2v) is 9.53. The van der Waals surface area contributed by atoms with Crippen molar-refractivity contribution < 1.29 is 16.8 Å². The van der Waals surface area contributed by atoms with Crippen molar-refractivity contribution in [3.05, 3.63) is 75.4 Å². The SMILES string of the molecule is C1=C\CC/C=C\CC/1.CC.CC.CC1CCC(C(C)C)C(c2c[cH-]c3c2CCCC3)C1.[CH3-].[CH3-].[CH3-].[Co]. The van der Waals surface area contributed by atoms with E-state index in [4.69, 9.17) is 0 Å². The van der Waals surface area contributed by atoms with E-state index in [0.717, 1.165) is 23.7 Å². The first-order valence-corrected chi connectivity index (χ1v) is 13.7. The van der Waals surface area contributed by atoms with Gasteiger partial charge in [0.15, 0.2) is 0 Å². The molecule has 1 saturated carbocycles. The van der Waals surface area contributed by atoms with Crippen molar-refractivity contribution in [1.29, 1.82) is 0 Å². The minimum Gasteiger partial charge on any atom is -0.358 e. The van der Waals surface area contributed by atoms with Gasteiger partial charge in [-0.1, -0.05) is 124 Å². The molecule has 1 fully saturated rings. The Morgan fingerprint density at radius 2 is 1.26 bits per heavy atom. The summed E-state index contributed by atoms with van der Waals surface area (Å²) in [5.41, 5.74) is 5.19. The minimum atomic E-state index is 0. The van der Waals surface area contributed by atoms with Gasteiger partial charge in [0, 0.05) is 16.8 Å². The van der Waals surface area contributed by atoms with Crippen LogP contribution in [0.2, 0.25) is 0 Å². The van der Waals surface area contributed by atoms with Crippen molar-refractivity contribution in [3.8, 4) is 0 Å². The quantitative estimate of drug-likeness (QED) is 0.264. The average molecular weight is 530 g/mol. The first kappa shape index (κ1) is 41.5. The van der Waals surface area contributed by atoms with E-state index >= 15 is 0 Å². The van der Waals surface area contributed by atoms with Gasteiger partial charge in [0.05, 0.1) is 0 Å². The first-order valence-electron chi connectivity index (χ1n) is 13.7. The van der Waals surface area contributed by atoms with Crippen LogP contribution in [0.1, 0.15) is 129 Å². The molecule has 211 valence electrons. The molecular formula is C34H62Co-4. The molecule has 1 aromatic rings. The number of allylic oxidation sites excluding steroid dienone is 4. The maximum Gasteiger partial charge on any atom is 0 e. The molecule has 3 aliphatic rings. The van der Waals surface area contributed by atoms with Crippen molar-refractivity contribution in [2.75, 3.05) is 0 Å². The van der Waals surface area contributed by atoms with Crippen LogP contribution in [0.25, 0.3) is 0 Å². The van der Waals surface area contributed by atoms with E-state index in [1.165, 1.54) is 70.6 Å². The van der Waals surface area contributed by atoms with E-state index in [1.807, 2.05) is 27.7 Å². The number of rotatable bonds is 2. The van der Waals surface area contributed by atoms with Crippen LogP contribution < -0.4 is 0 Å². The predicted molar refractivity (Wildman–Crippen MR) is 161 cm³/mol. The van der Waals surface area contributed by atoms with Crippen LogP contribution in [-0.4, -0.2) is 0 Å². The zero-order chi connectivity index (χ0) is 23.1. The Balaban J connectivity index is -0.000000259. The molecule has 1 radical (unpaired) electrons. The molecule has 0 spiro atoms. The summed E-state index contributed by atoms with van der Waals surface area (Å²) < 4.78 is 0. The third kappa shape index (κ3) is 14.0. The van der Waals surface area contributed by atoms with E-state index in [2.05, 4.69) is 57.2 Å². The fraction of sp³-hybridized carbons (Fsp3) is 0.647. The molecule has 0 saturated heterocycles. The van der Waals surface area contributed by atoms with Crippen LogP contribution in [0.4, 0.5) is 0 Å². The monoisotopic (exact) mass is 529 g/mol. The molecule has 0 amide bonds. The van der Waals surface area contributed by atoms with Crippen molar-refractivity contribution in [1.82, 2.24) is 0 Å². The Morgan fingerprint density at radius 1 is 0.771 bits per heavy atom. The summed E-state index contributed by atoms with van der Waals surface area (Å²) in [4.78, 5) is 0. The van der Waals surface area contributed by atoms with Gasteiger partial charge in [0.1, 0.15) is 0 Å². The molecule has 0 aromatic heterocycles. The second kappa shape index (κ2) is 25.0. The fourth-order valence-electron chi connectivity index (χ4n) is 5.50. The van der Waals surface area contributed by atoms with Crippen LogP contribution in [0.3, 0.4) is 0 Å². The van der Waals surface area contributed by atoms with Crippen molar-refractivity contribution in [2.24, 2.45) is 17.8 Å². The summed E-state index contributed by atoms with van der Waals surface area (Å²) in [7, 11) is 0. The van der Waals surface area contributed by atoms with Crippen molar-refractivity contribution in [3.63, 3.8) is 0 Å². The Morgan fingerprint density at radius 3 is 1.74 bits per heavy atom. The van der Waals surface area contributed by atoms with Crippen LogP contribution in [0, 0.1) is 40.0 Å². The maximum absolute atomic E-state index is 2.49. The Labute approximate surface area is 234 Å². The molecule has 1 heteroatoms. The third-order valence-corrected chi connectivity index (χ3v) is 7.08. The van der Waals surface area contributed by atoms with Gasteiger partial charge in [-0.2, -0.15) is 28.8 Å². The summed E-state index contributed by atoms with van der Waals surface area (Å²) >= 11 is 0. The zero-order valence-electron chi connectivity index (χ0n) is 25.4. The largest absolute Gasteiger partial charge is 0.358 e. The van der Waals surface area contributed by atoms with Crippen LogP contribution in [0.5, 0.6) is 0 Å². The molecule has 4 rings (SSSR count). The zero-order valence-corrected chi connectivity index (χ0v) is 26.4. The predicted octanol–water partition coefficient (Wildman–Crippen LogP) is 11.5. The van der Waals surface area contributed by atoms with Gasteiger partial charge >= 0.3 is 0 Å². The van der Waals surface area contributed by atoms with Crippen molar-refractivity contribution >= 4 is 0 Å². The van der Waals surface area contributed by atoms with E-state index in [9.17, 15) is 0 Å². The Hall–Kier alpha value is -0.664. The molecule has 3 unspecified atom stereocenters. The smallest absolute Gasteiger partial charge is 0 e. The summed E-state index contributed by atoms with van der Waals surface area (Å²) in [5, 5.41) is 0. The van der Waals surface area contributed by atoms with Crippen LogP contribution in [0.15, 0.2) is 36.4 Å². The molecule has 0 N–H and O–H groups in total. The molecular weight excluding hydrogens is 467 g/mol. The number of hydrogen-bond donors (Lipinski definition) is 0. The first-order chi connectivity index (χ1) is 15.2. The normalized spacial score (nSPS) is 23.8. The Kier molecular flexibility index (Phi) is 29.6. The molecule has 1 aromatic carbocycles. The maximum atomic E-state index is 2.49. The van der Waals surface area contributed by atoms with Gasteiger partial charge in [-0.05, 0) is 43.4 Å². The van der Waals surface area contributed by atoms with Crippen LogP contribution >= 0.6 is 0 Å². The average Bonchev–Trinajstić information content (AvgIpc) is 3.20. The van der Waals surface area contributed by atoms with E-state index in [1.54, 1.807) is 16.7 Å². The molecule has 0 aliphatic heterocycles. The summed E-state index contributed by atoms with van der Waals surface area (Å²) in [6, 6.07) is 4.94. The minimum absolute atomic E-state index is 0. The van der Waals surface area contributed by atoms with E-state index < -0.39 is 0 Å². The third-order valence-electron chi connectivity index (χ3n) is 7.08. The standard InChI is InChI=1S/C19H29.C8H12.2C2H6.3CH3.Co/c1-13(2)16-10-8-14(3)12-19(16)18-11-9-15-6-4-5-7-17(15)18;1-2-4-6-8-7-5-3-1;2*1-2;;;;/h9,11,13-14,16,19H,4-8,10,12H2,1-3H3;1-2,7-8H,3-6H2;2*1-2H3;3*1H3;/q-1;;;;3*-1;/b;2-1-,8-7-;;;;;;. The second-order valence-electron chi connectivity index (χ2n) is 9.53. The van der Waals surface area contributed by atoms with Gasteiger partial charge in [-0.15, -0.1) is 0 Å². The van der Waals surface area contributed by atoms with Gasteiger partial charge in [-0.25, -0.2) is 0 Å². The molecule has 0 nitrogen and oxygen atoms in total. The van der Waals surface area contributed by atoms with Gasteiger partial charge < -0.3 is 22.3 Å². The molecule has 0 heterocycles. The van der Waals surface area contributed by atoms with E-state index in [-0.39, 0.29) is 39.1 Å². The molecule has 0 bridgehead atoms. The fourth-order valence-corrected chi connectivity index (χ4v) is 5.50. The number of fused-ring (bicyclic) bond motifs is 1. The molecule has 3 atom stereocenters. The van der Waals surface area contributed by atoms with Crippen molar-refractivity contribution in [2.45, 2.75) is 125 Å². The topological polar surface area (TPSA) is 0 Å². The van der Waals surface area contributed by atoms with Crippen LogP contribution in [-0.2, 0) is 29.6 Å². The number of hydrogen-bond acceptors (Lipinski definition) is 0. The Bertz CT molecular complexity index is 593. The number of aryl methyl sites for hydroxylation is 1. The van der Waals surface area contributed by atoms with Gasteiger partial charge in [0.25, 0.3) is 0 Å². The summed E-state index contributed by atoms with van der Waals surface area (Å²) in [5.74, 6) is 3.54. The molecule has 35 heavy (non-hydrogen) atoms. The van der Waals surface area contributed by atoms with E-state index in [0.29, 0.717) is 0 Å². The summed E-state index contributed by atoms with van der Waals surface area (Å²) in [6.07, 6.45) is 23.8. The van der Waals surface area contributed by atoms with Gasteiger partial charge in [-0.3, -0.25) is 0 Å².